The highest BCUT2D eigenvalue weighted by atomic mass is 35.5. The standard InChI is InChI=1S/C29H31ClN4O5/c1-19-3-10-27(38-2)26(17-19)32-28(36)31-22-6-4-20(5-7-22)21-11-13-34(14-12-21)29(37)33-25-18-23(39-16-15-35)8-9-24(25)30/h3-11,17-18,35H,12-16H2,1-2H3,(H,33,37)(H2,31,32,36). The molecule has 0 saturated heterocycles. The Bertz CT molecular complexity index is 1360. The first-order valence-electron chi connectivity index (χ1n) is 12.5. The van der Waals surface area contributed by atoms with Crippen LogP contribution in [0.1, 0.15) is 17.5 Å². The van der Waals surface area contributed by atoms with Crippen LogP contribution < -0.4 is 25.4 Å². The number of aryl methyl sites for hydroxylation is 1. The lowest BCUT2D eigenvalue weighted by Crippen LogP contribution is -2.37. The molecule has 4 amide bonds. The van der Waals surface area contributed by atoms with Gasteiger partial charge in [0.05, 0.1) is 30.1 Å². The first-order chi connectivity index (χ1) is 18.9. The lowest BCUT2D eigenvalue weighted by atomic mass is 9.99. The minimum Gasteiger partial charge on any atom is -0.495 e. The Hall–Kier alpha value is -4.21. The van der Waals surface area contributed by atoms with E-state index in [-0.39, 0.29) is 25.3 Å². The van der Waals surface area contributed by atoms with Gasteiger partial charge in [0.15, 0.2) is 0 Å². The highest BCUT2D eigenvalue weighted by Crippen LogP contribution is 2.29. The molecule has 0 bridgehead atoms. The third-order valence-electron chi connectivity index (χ3n) is 6.15. The summed E-state index contributed by atoms with van der Waals surface area (Å²) < 4.78 is 10.7. The lowest BCUT2D eigenvalue weighted by molar-refractivity contribution is 0.201. The summed E-state index contributed by atoms with van der Waals surface area (Å²) in [4.78, 5) is 27.0. The van der Waals surface area contributed by atoms with Gasteiger partial charge in [0.2, 0.25) is 0 Å². The number of hydrogen-bond donors (Lipinski definition) is 4. The molecule has 1 aliphatic heterocycles. The van der Waals surface area contributed by atoms with Gasteiger partial charge in [-0.3, -0.25) is 0 Å². The molecule has 0 aliphatic carbocycles. The number of carbonyl (C=O) groups is 2. The number of rotatable bonds is 8. The Kier molecular flexibility index (Phi) is 9.30. The van der Waals surface area contributed by atoms with Crippen LogP contribution in [-0.2, 0) is 0 Å². The van der Waals surface area contributed by atoms with Gasteiger partial charge in [-0.15, -0.1) is 0 Å². The number of methoxy groups -OCH3 is 1. The van der Waals surface area contributed by atoms with Gasteiger partial charge < -0.3 is 35.4 Å². The van der Waals surface area contributed by atoms with Crippen molar-refractivity contribution in [1.29, 1.82) is 0 Å². The number of ether oxygens (including phenoxy) is 2. The van der Waals surface area contributed by atoms with Crippen molar-refractivity contribution in [2.45, 2.75) is 13.3 Å². The van der Waals surface area contributed by atoms with Crippen molar-refractivity contribution in [3.05, 3.63) is 82.9 Å². The van der Waals surface area contributed by atoms with Gasteiger partial charge in [0.1, 0.15) is 18.1 Å². The smallest absolute Gasteiger partial charge is 0.323 e. The van der Waals surface area contributed by atoms with Gasteiger partial charge in [0, 0.05) is 24.8 Å². The number of aliphatic hydroxyl groups excluding tert-OH is 1. The molecule has 3 aromatic carbocycles. The van der Waals surface area contributed by atoms with E-state index in [1.54, 1.807) is 30.2 Å². The van der Waals surface area contributed by atoms with E-state index in [0.717, 1.165) is 16.7 Å². The van der Waals surface area contributed by atoms with Crippen LogP contribution in [-0.4, -0.2) is 55.5 Å². The number of amides is 4. The number of nitrogens with zero attached hydrogens (tertiary/aromatic N) is 1. The minimum absolute atomic E-state index is 0.106. The maximum absolute atomic E-state index is 12.8. The third-order valence-corrected chi connectivity index (χ3v) is 6.48. The normalized spacial score (nSPS) is 12.8. The molecule has 3 aromatic rings. The van der Waals surface area contributed by atoms with E-state index in [2.05, 4.69) is 16.0 Å². The second-order valence-corrected chi connectivity index (χ2v) is 9.34. The molecule has 9 nitrogen and oxygen atoms in total. The molecule has 1 heterocycles. The summed E-state index contributed by atoms with van der Waals surface area (Å²) in [6.07, 6.45) is 2.70. The zero-order chi connectivity index (χ0) is 27.8. The predicted molar refractivity (Wildman–Crippen MR) is 154 cm³/mol. The van der Waals surface area contributed by atoms with Crippen molar-refractivity contribution in [3.63, 3.8) is 0 Å². The van der Waals surface area contributed by atoms with Crippen molar-refractivity contribution < 1.29 is 24.2 Å². The van der Waals surface area contributed by atoms with Gasteiger partial charge in [-0.25, -0.2) is 9.59 Å². The fraction of sp³-hybridized carbons (Fsp3) is 0.241. The second kappa shape index (κ2) is 13.0. The Labute approximate surface area is 232 Å². The van der Waals surface area contributed by atoms with Crippen molar-refractivity contribution in [2.75, 3.05) is 49.4 Å². The van der Waals surface area contributed by atoms with Crippen molar-refractivity contribution >= 4 is 46.3 Å². The highest BCUT2D eigenvalue weighted by molar-refractivity contribution is 6.33. The van der Waals surface area contributed by atoms with Gasteiger partial charge in [-0.05, 0) is 66.4 Å². The van der Waals surface area contributed by atoms with Gasteiger partial charge in [-0.1, -0.05) is 35.9 Å². The SMILES string of the molecule is COc1ccc(C)cc1NC(=O)Nc1ccc(C2=CCN(C(=O)Nc3cc(OCCO)ccc3Cl)CC2)cc1. The van der Waals surface area contributed by atoms with Crippen LogP contribution in [0, 0.1) is 6.92 Å². The van der Waals surface area contributed by atoms with Crippen LogP contribution in [0.4, 0.5) is 26.7 Å². The number of benzene rings is 3. The number of carbonyl (C=O) groups excluding carboxylic acids is 2. The summed E-state index contributed by atoms with van der Waals surface area (Å²) in [5.74, 6) is 1.09. The quantitative estimate of drug-likeness (QED) is 0.275. The van der Waals surface area contributed by atoms with E-state index >= 15 is 0 Å². The monoisotopic (exact) mass is 550 g/mol. The molecule has 204 valence electrons. The number of halogens is 1. The molecule has 0 radical (unpaired) electrons. The van der Waals surface area contributed by atoms with Gasteiger partial charge >= 0.3 is 12.1 Å². The van der Waals surface area contributed by atoms with Crippen LogP contribution in [0.15, 0.2) is 66.7 Å². The maximum atomic E-state index is 12.8. The van der Waals surface area contributed by atoms with Crippen LogP contribution in [0.2, 0.25) is 5.02 Å². The lowest BCUT2D eigenvalue weighted by Gasteiger charge is -2.27. The molecular formula is C29H31ClN4O5. The molecule has 4 rings (SSSR count). The molecular weight excluding hydrogens is 520 g/mol. The van der Waals surface area contributed by atoms with Crippen LogP contribution in [0.25, 0.3) is 5.57 Å². The van der Waals surface area contributed by atoms with E-state index in [1.165, 1.54) is 0 Å². The second-order valence-electron chi connectivity index (χ2n) is 8.93. The largest absolute Gasteiger partial charge is 0.495 e. The fourth-order valence-electron chi connectivity index (χ4n) is 4.14. The van der Waals surface area contributed by atoms with E-state index in [0.29, 0.717) is 53.1 Å². The number of nitrogens with one attached hydrogen (secondary N) is 3. The zero-order valence-corrected chi connectivity index (χ0v) is 22.5. The first-order valence-corrected chi connectivity index (χ1v) is 12.9. The van der Waals surface area contributed by atoms with E-state index in [9.17, 15) is 9.59 Å². The van der Waals surface area contributed by atoms with E-state index in [4.69, 9.17) is 26.2 Å². The zero-order valence-electron chi connectivity index (χ0n) is 21.8. The maximum Gasteiger partial charge on any atom is 0.323 e. The van der Waals surface area contributed by atoms with Crippen molar-refractivity contribution in [3.8, 4) is 11.5 Å². The van der Waals surface area contributed by atoms with E-state index < -0.39 is 0 Å². The summed E-state index contributed by atoms with van der Waals surface area (Å²) in [7, 11) is 1.56. The molecule has 1 aliphatic rings. The molecule has 0 fully saturated rings. The van der Waals surface area contributed by atoms with Gasteiger partial charge in [0.25, 0.3) is 0 Å². The molecule has 10 heteroatoms. The highest BCUT2D eigenvalue weighted by Gasteiger charge is 2.19. The Morgan fingerprint density at radius 3 is 2.49 bits per heavy atom. The molecule has 0 spiro atoms. The average molecular weight is 551 g/mol. The summed E-state index contributed by atoms with van der Waals surface area (Å²) in [6, 6.07) is 17.5. The topological polar surface area (TPSA) is 112 Å². The minimum atomic E-state index is -0.365. The summed E-state index contributed by atoms with van der Waals surface area (Å²) in [5, 5.41) is 17.8. The first kappa shape index (κ1) is 27.8. The van der Waals surface area contributed by atoms with Crippen molar-refractivity contribution in [1.82, 2.24) is 4.90 Å². The summed E-state index contributed by atoms with van der Waals surface area (Å²) in [6.45, 7) is 2.97. The molecule has 0 saturated carbocycles. The predicted octanol–water partition coefficient (Wildman–Crippen LogP) is 5.99. The molecule has 4 N–H and O–H groups in total. The molecule has 0 atom stereocenters. The van der Waals surface area contributed by atoms with Crippen molar-refractivity contribution in [2.24, 2.45) is 0 Å². The average Bonchev–Trinajstić information content (AvgIpc) is 2.94. The fourth-order valence-corrected chi connectivity index (χ4v) is 4.30. The van der Waals surface area contributed by atoms with Crippen LogP contribution in [0.3, 0.4) is 0 Å². The third kappa shape index (κ3) is 7.43. The van der Waals surface area contributed by atoms with Crippen LogP contribution in [0.5, 0.6) is 11.5 Å². The molecule has 39 heavy (non-hydrogen) atoms. The Balaban J connectivity index is 1.32. The number of anilines is 3. The number of urea groups is 2. The number of aliphatic hydroxyl groups is 1. The Morgan fingerprint density at radius 1 is 1.00 bits per heavy atom. The molecule has 0 aromatic heterocycles. The van der Waals surface area contributed by atoms with Crippen LogP contribution >= 0.6 is 11.6 Å². The van der Waals surface area contributed by atoms with E-state index in [1.807, 2.05) is 55.5 Å². The summed E-state index contributed by atoms with van der Waals surface area (Å²) >= 11 is 6.24. The number of hydrogen-bond acceptors (Lipinski definition) is 5. The molecule has 0 unspecified atom stereocenters. The Morgan fingerprint density at radius 2 is 1.79 bits per heavy atom. The van der Waals surface area contributed by atoms with Gasteiger partial charge in [-0.2, -0.15) is 0 Å². The summed E-state index contributed by atoms with van der Waals surface area (Å²) in [5.41, 5.74) is 4.85.